The summed E-state index contributed by atoms with van der Waals surface area (Å²) in [6.07, 6.45) is 6.46. The van der Waals surface area contributed by atoms with Gasteiger partial charge in [-0.1, -0.05) is 6.92 Å². The largest absolute Gasteiger partial charge is 0.323 e. The van der Waals surface area contributed by atoms with Crippen LogP contribution in [0.1, 0.15) is 31.0 Å². The predicted molar refractivity (Wildman–Crippen MR) is 56.5 cm³/mol. The molecule has 0 spiro atoms. The number of nitrogens with two attached hydrogens (primary N) is 1. The number of aromatic nitrogens is 2. The monoisotopic (exact) mass is 194 g/mol. The van der Waals surface area contributed by atoms with Gasteiger partial charge in [-0.05, 0) is 31.4 Å². The number of hydrogen-bond donors (Lipinski definition) is 2. The Labute approximate surface area is 84.4 Å². The van der Waals surface area contributed by atoms with Gasteiger partial charge < -0.3 is 11.2 Å². The second-order valence-electron chi connectivity index (χ2n) is 3.97. The molecular weight excluding hydrogens is 176 g/mol. The van der Waals surface area contributed by atoms with Crippen LogP contribution >= 0.6 is 0 Å². The second kappa shape index (κ2) is 4.00. The molecule has 4 nitrogen and oxygen atoms in total. The number of nitrogens with one attached hydrogen (secondary N) is 1. The first kappa shape index (κ1) is 9.52. The summed E-state index contributed by atoms with van der Waals surface area (Å²) in [5.41, 5.74) is 2.49. The van der Waals surface area contributed by atoms with Gasteiger partial charge in [0.15, 0.2) is 0 Å². The first-order chi connectivity index (χ1) is 6.79. The van der Waals surface area contributed by atoms with Crippen molar-refractivity contribution in [3.8, 4) is 0 Å². The topological polar surface area (TPSA) is 55.9 Å². The van der Waals surface area contributed by atoms with Gasteiger partial charge >= 0.3 is 0 Å². The van der Waals surface area contributed by atoms with E-state index in [0.717, 1.165) is 19.4 Å². The van der Waals surface area contributed by atoms with Gasteiger partial charge in [-0.25, -0.2) is 0 Å². The molecule has 3 N–H and O–H groups in total. The van der Waals surface area contributed by atoms with Crippen LogP contribution in [0.15, 0.2) is 6.20 Å². The third-order valence-corrected chi connectivity index (χ3v) is 2.78. The molecule has 1 heterocycles. The van der Waals surface area contributed by atoms with Crippen LogP contribution in [0.2, 0.25) is 0 Å². The van der Waals surface area contributed by atoms with E-state index in [2.05, 4.69) is 17.3 Å². The Hall–Kier alpha value is -1.03. The molecule has 0 saturated heterocycles. The molecule has 0 amide bonds. The third-order valence-electron chi connectivity index (χ3n) is 2.78. The fraction of sp³-hybridized carbons (Fsp3) is 0.700. The van der Waals surface area contributed by atoms with Crippen molar-refractivity contribution in [2.24, 2.45) is 0 Å². The van der Waals surface area contributed by atoms with Crippen molar-refractivity contribution in [2.45, 2.75) is 38.6 Å². The van der Waals surface area contributed by atoms with Gasteiger partial charge in [-0.2, -0.15) is 9.89 Å². The zero-order valence-corrected chi connectivity index (χ0v) is 8.66. The van der Waals surface area contributed by atoms with Crippen LogP contribution in [0.3, 0.4) is 0 Å². The van der Waals surface area contributed by atoms with Gasteiger partial charge in [0, 0.05) is 12.5 Å². The summed E-state index contributed by atoms with van der Waals surface area (Å²) in [5, 5.41) is 7.80. The number of aryl methyl sites for hydroxylation is 1. The van der Waals surface area contributed by atoms with E-state index in [-0.39, 0.29) is 0 Å². The zero-order valence-electron chi connectivity index (χ0n) is 8.66. The molecule has 1 aliphatic rings. The second-order valence-corrected chi connectivity index (χ2v) is 3.97. The molecule has 0 bridgehead atoms. The van der Waals surface area contributed by atoms with Crippen molar-refractivity contribution in [3.05, 3.63) is 17.5 Å². The molecule has 0 aromatic carbocycles. The molecule has 0 fully saturated rings. The summed E-state index contributed by atoms with van der Waals surface area (Å²) >= 11 is 0. The Morgan fingerprint density at radius 1 is 1.71 bits per heavy atom. The fourth-order valence-electron chi connectivity index (χ4n) is 2.04. The summed E-state index contributed by atoms with van der Waals surface area (Å²) in [6, 6.07) is 0.595. The van der Waals surface area contributed by atoms with Crippen molar-refractivity contribution in [2.75, 3.05) is 12.4 Å². The minimum absolute atomic E-state index is 0.595. The molecule has 1 aromatic heterocycles. The summed E-state index contributed by atoms with van der Waals surface area (Å²) in [5.74, 6) is 5.59. The van der Waals surface area contributed by atoms with Crippen LogP contribution in [-0.4, -0.2) is 22.5 Å². The highest BCUT2D eigenvalue weighted by Gasteiger charge is 2.20. The Bertz CT molecular complexity index is 305. The zero-order chi connectivity index (χ0) is 9.97. The van der Waals surface area contributed by atoms with E-state index in [1.807, 2.05) is 6.20 Å². The Morgan fingerprint density at radius 3 is 3.36 bits per heavy atom. The number of fused-ring (bicyclic) bond motifs is 1. The van der Waals surface area contributed by atoms with Gasteiger partial charge in [-0.3, -0.25) is 0 Å². The van der Waals surface area contributed by atoms with Gasteiger partial charge in [0.05, 0.1) is 11.9 Å². The van der Waals surface area contributed by atoms with Gasteiger partial charge in [0.1, 0.15) is 0 Å². The highest BCUT2D eigenvalue weighted by atomic mass is 15.5. The molecular formula is C10H18N4. The fourth-order valence-corrected chi connectivity index (χ4v) is 2.04. The molecule has 1 aliphatic carbocycles. The van der Waals surface area contributed by atoms with E-state index in [4.69, 9.17) is 5.84 Å². The first-order valence-corrected chi connectivity index (χ1v) is 5.35. The van der Waals surface area contributed by atoms with Crippen molar-refractivity contribution in [3.63, 3.8) is 0 Å². The van der Waals surface area contributed by atoms with Crippen LogP contribution in [0.25, 0.3) is 0 Å². The lowest BCUT2D eigenvalue weighted by Gasteiger charge is -2.21. The summed E-state index contributed by atoms with van der Waals surface area (Å²) in [4.78, 5) is 1.44. The number of nitrogen functional groups attached to an aromatic ring is 1. The maximum atomic E-state index is 5.59. The van der Waals surface area contributed by atoms with Gasteiger partial charge in [0.25, 0.3) is 0 Å². The molecule has 1 atom stereocenters. The summed E-state index contributed by atoms with van der Waals surface area (Å²) in [6.45, 7) is 3.29. The van der Waals surface area contributed by atoms with Crippen LogP contribution in [-0.2, 0) is 12.8 Å². The van der Waals surface area contributed by atoms with Crippen LogP contribution in [0, 0.1) is 0 Å². The van der Waals surface area contributed by atoms with E-state index in [0.29, 0.717) is 6.04 Å². The van der Waals surface area contributed by atoms with E-state index >= 15 is 0 Å². The number of hydrogen-bond acceptors (Lipinski definition) is 3. The average molecular weight is 194 g/mol. The SMILES string of the molecule is CCCN[C@@H]1CCc2cn(N)nc2C1. The lowest BCUT2D eigenvalue weighted by Crippen LogP contribution is -2.34. The molecule has 4 heteroatoms. The maximum absolute atomic E-state index is 5.59. The van der Waals surface area contributed by atoms with Crippen molar-refractivity contribution >= 4 is 0 Å². The van der Waals surface area contributed by atoms with E-state index in [9.17, 15) is 0 Å². The Balaban J connectivity index is 1.98. The minimum atomic E-state index is 0.595. The summed E-state index contributed by atoms with van der Waals surface area (Å²) < 4.78 is 0. The molecule has 14 heavy (non-hydrogen) atoms. The molecule has 1 aromatic rings. The van der Waals surface area contributed by atoms with Crippen LogP contribution < -0.4 is 11.2 Å². The van der Waals surface area contributed by atoms with Crippen molar-refractivity contribution < 1.29 is 0 Å². The van der Waals surface area contributed by atoms with Gasteiger partial charge in [-0.15, -0.1) is 0 Å². The van der Waals surface area contributed by atoms with Crippen LogP contribution in [0.4, 0.5) is 0 Å². The number of rotatable bonds is 3. The maximum Gasteiger partial charge on any atom is 0.0692 e. The normalized spacial score (nSPS) is 20.8. The highest BCUT2D eigenvalue weighted by Crippen LogP contribution is 2.19. The molecule has 0 aliphatic heterocycles. The predicted octanol–water partition coefficient (Wildman–Crippen LogP) is 0.454. The number of nitrogens with zero attached hydrogens (tertiary/aromatic N) is 2. The summed E-state index contributed by atoms with van der Waals surface area (Å²) in [7, 11) is 0. The lowest BCUT2D eigenvalue weighted by atomic mass is 9.94. The molecule has 0 saturated carbocycles. The molecule has 78 valence electrons. The molecule has 2 rings (SSSR count). The minimum Gasteiger partial charge on any atom is -0.323 e. The molecule has 0 radical (unpaired) electrons. The van der Waals surface area contributed by atoms with Crippen molar-refractivity contribution in [1.29, 1.82) is 0 Å². The Morgan fingerprint density at radius 2 is 2.57 bits per heavy atom. The lowest BCUT2D eigenvalue weighted by molar-refractivity contribution is 0.454. The average Bonchev–Trinajstić information content (AvgIpc) is 2.54. The molecule has 0 unspecified atom stereocenters. The standard InChI is InChI=1S/C10H18N4/c1-2-5-12-9-4-3-8-7-14(11)13-10(8)6-9/h7,9,12H,2-6,11H2,1H3/t9-/m1/s1. The quantitative estimate of drug-likeness (QED) is 0.687. The first-order valence-electron chi connectivity index (χ1n) is 5.35. The van der Waals surface area contributed by atoms with Crippen LogP contribution in [0.5, 0.6) is 0 Å². The van der Waals surface area contributed by atoms with E-state index in [1.165, 1.54) is 28.9 Å². The smallest absolute Gasteiger partial charge is 0.0692 e. The van der Waals surface area contributed by atoms with Crippen molar-refractivity contribution in [1.82, 2.24) is 15.2 Å². The highest BCUT2D eigenvalue weighted by molar-refractivity contribution is 5.21. The van der Waals surface area contributed by atoms with E-state index in [1.54, 1.807) is 0 Å². The Kier molecular flexibility index (Phi) is 2.72. The van der Waals surface area contributed by atoms with E-state index < -0.39 is 0 Å². The van der Waals surface area contributed by atoms with Gasteiger partial charge in [0.2, 0.25) is 0 Å². The third kappa shape index (κ3) is 1.90.